The van der Waals surface area contributed by atoms with Crippen molar-refractivity contribution >= 4 is 33.1 Å². The van der Waals surface area contributed by atoms with Crippen molar-refractivity contribution in [2.24, 2.45) is 4.99 Å². The van der Waals surface area contributed by atoms with Gasteiger partial charge in [0.15, 0.2) is 4.80 Å². The van der Waals surface area contributed by atoms with Crippen LogP contribution in [0.4, 0.5) is 5.69 Å². The Hall–Kier alpha value is -3.62. The average Bonchev–Trinajstić information content (AvgIpc) is 3.16. The second kappa shape index (κ2) is 9.67. The predicted octanol–water partition coefficient (Wildman–Crippen LogP) is 5.06. The first kappa shape index (κ1) is 21.6. The second-order valence-electron chi connectivity index (χ2n) is 7.00. The molecule has 4 rings (SSSR count). The molecule has 8 heteroatoms. The van der Waals surface area contributed by atoms with Crippen LogP contribution in [0.1, 0.15) is 17.3 Å². The molecule has 7 nitrogen and oxygen atoms in total. The molecule has 0 radical (unpaired) electrons. The third kappa shape index (κ3) is 4.66. The van der Waals surface area contributed by atoms with Gasteiger partial charge in [0.1, 0.15) is 0 Å². The van der Waals surface area contributed by atoms with Crippen LogP contribution in [0.15, 0.2) is 77.8 Å². The smallest absolute Gasteiger partial charge is 0.279 e. The lowest BCUT2D eigenvalue weighted by molar-refractivity contribution is -0.384. The van der Waals surface area contributed by atoms with Crippen LogP contribution < -0.4 is 4.80 Å². The van der Waals surface area contributed by atoms with Crippen molar-refractivity contribution in [2.75, 3.05) is 13.2 Å². The Morgan fingerprint density at radius 1 is 1.06 bits per heavy atom. The van der Waals surface area contributed by atoms with Gasteiger partial charge in [0.2, 0.25) is 0 Å². The molecule has 0 atom stereocenters. The molecule has 0 saturated carbocycles. The fraction of sp³-hybridized carbons (Fsp3) is 0.167. The summed E-state index contributed by atoms with van der Waals surface area (Å²) in [7, 11) is 0. The van der Waals surface area contributed by atoms with E-state index in [4.69, 9.17) is 4.74 Å². The minimum absolute atomic E-state index is 0.00471. The number of nitro benzene ring substituents is 1. The van der Waals surface area contributed by atoms with Crippen molar-refractivity contribution in [3.05, 3.63) is 93.3 Å². The number of aromatic nitrogens is 1. The molecule has 1 aromatic heterocycles. The molecular weight excluding hydrogens is 426 g/mol. The van der Waals surface area contributed by atoms with Crippen molar-refractivity contribution in [3.8, 4) is 11.1 Å². The largest absolute Gasteiger partial charge is 0.380 e. The lowest BCUT2D eigenvalue weighted by Gasteiger charge is -2.05. The van der Waals surface area contributed by atoms with Crippen molar-refractivity contribution < 1.29 is 14.5 Å². The number of nitrogens with zero attached hydrogens (tertiary/aromatic N) is 3. The summed E-state index contributed by atoms with van der Waals surface area (Å²) in [4.78, 5) is 28.4. The first-order chi connectivity index (χ1) is 15.6. The molecule has 0 unspecified atom stereocenters. The quantitative estimate of drug-likeness (QED) is 0.225. The number of amides is 1. The van der Waals surface area contributed by atoms with Gasteiger partial charge in [-0.15, -0.1) is 0 Å². The number of hydrogen-bond donors (Lipinski definition) is 0. The van der Waals surface area contributed by atoms with E-state index in [1.807, 2.05) is 54.0 Å². The van der Waals surface area contributed by atoms with Crippen LogP contribution in [0, 0.1) is 10.1 Å². The zero-order valence-electron chi connectivity index (χ0n) is 17.4. The summed E-state index contributed by atoms with van der Waals surface area (Å²) in [6.45, 7) is 3.43. The van der Waals surface area contributed by atoms with E-state index in [1.54, 1.807) is 18.2 Å². The zero-order chi connectivity index (χ0) is 22.5. The standard InChI is InChI=1S/C24H21N3O4S/c1-2-31-15-14-26-21-13-12-20(27(29)30)16-22(21)32-24(26)25-23(28)19-10-8-18(9-11-19)17-6-4-3-5-7-17/h3-13,16H,2,14-15H2,1H3. The summed E-state index contributed by atoms with van der Waals surface area (Å²) in [6, 6.07) is 21.9. The molecule has 0 aliphatic heterocycles. The highest BCUT2D eigenvalue weighted by Gasteiger charge is 2.13. The van der Waals surface area contributed by atoms with Crippen LogP contribution in [0.5, 0.6) is 0 Å². The fourth-order valence-electron chi connectivity index (χ4n) is 3.36. The van der Waals surface area contributed by atoms with Gasteiger partial charge in [-0.3, -0.25) is 14.9 Å². The number of carbonyl (C=O) groups is 1. The highest BCUT2D eigenvalue weighted by atomic mass is 32.1. The lowest BCUT2D eigenvalue weighted by atomic mass is 10.0. The molecule has 0 saturated heterocycles. The number of ether oxygens (including phenoxy) is 1. The molecule has 0 N–H and O–H groups in total. The Morgan fingerprint density at radius 3 is 2.47 bits per heavy atom. The van der Waals surface area contributed by atoms with Gasteiger partial charge < -0.3 is 9.30 Å². The normalized spacial score (nSPS) is 11.7. The monoisotopic (exact) mass is 447 g/mol. The minimum Gasteiger partial charge on any atom is -0.380 e. The van der Waals surface area contributed by atoms with E-state index in [9.17, 15) is 14.9 Å². The highest BCUT2D eigenvalue weighted by molar-refractivity contribution is 7.16. The van der Waals surface area contributed by atoms with Crippen LogP contribution in [0.25, 0.3) is 21.3 Å². The molecule has 1 heterocycles. The van der Waals surface area contributed by atoms with Gasteiger partial charge in [-0.25, -0.2) is 0 Å². The van der Waals surface area contributed by atoms with Gasteiger partial charge in [-0.1, -0.05) is 53.8 Å². The van der Waals surface area contributed by atoms with E-state index in [0.29, 0.717) is 34.8 Å². The molecule has 4 aromatic rings. The third-order valence-electron chi connectivity index (χ3n) is 4.98. The number of benzene rings is 3. The number of thiazole rings is 1. The predicted molar refractivity (Wildman–Crippen MR) is 125 cm³/mol. The van der Waals surface area contributed by atoms with Gasteiger partial charge in [0, 0.05) is 30.8 Å². The van der Waals surface area contributed by atoms with E-state index in [0.717, 1.165) is 16.6 Å². The number of nitro groups is 1. The molecule has 0 spiro atoms. The summed E-state index contributed by atoms with van der Waals surface area (Å²) >= 11 is 1.25. The summed E-state index contributed by atoms with van der Waals surface area (Å²) in [6.07, 6.45) is 0. The topological polar surface area (TPSA) is 86.7 Å². The fourth-order valence-corrected chi connectivity index (χ4v) is 4.45. The first-order valence-corrected chi connectivity index (χ1v) is 11.0. The van der Waals surface area contributed by atoms with E-state index in [-0.39, 0.29) is 11.6 Å². The molecule has 0 fully saturated rings. The van der Waals surface area contributed by atoms with Crippen LogP contribution in [0.2, 0.25) is 0 Å². The van der Waals surface area contributed by atoms with Gasteiger partial charge >= 0.3 is 0 Å². The van der Waals surface area contributed by atoms with Gasteiger partial charge in [0.25, 0.3) is 11.6 Å². The average molecular weight is 448 g/mol. The number of carbonyl (C=O) groups excluding carboxylic acids is 1. The molecule has 3 aromatic carbocycles. The summed E-state index contributed by atoms with van der Waals surface area (Å²) in [5.41, 5.74) is 3.35. The van der Waals surface area contributed by atoms with E-state index in [1.165, 1.54) is 23.5 Å². The SMILES string of the molecule is CCOCCn1c(=NC(=O)c2ccc(-c3ccccc3)cc2)sc2cc([N+](=O)[O-])ccc21. The zero-order valence-corrected chi connectivity index (χ0v) is 18.2. The molecular formula is C24H21N3O4S. The first-order valence-electron chi connectivity index (χ1n) is 10.2. The number of hydrogen-bond acceptors (Lipinski definition) is 5. The van der Waals surface area contributed by atoms with Crippen molar-refractivity contribution in [1.29, 1.82) is 0 Å². The van der Waals surface area contributed by atoms with Crippen LogP contribution in [-0.2, 0) is 11.3 Å². The Labute approximate surface area is 188 Å². The van der Waals surface area contributed by atoms with Crippen LogP contribution in [0.3, 0.4) is 0 Å². The number of non-ortho nitro benzene ring substituents is 1. The molecule has 32 heavy (non-hydrogen) atoms. The Morgan fingerprint density at radius 2 is 1.78 bits per heavy atom. The van der Waals surface area contributed by atoms with E-state index in [2.05, 4.69) is 4.99 Å². The number of fused-ring (bicyclic) bond motifs is 1. The lowest BCUT2D eigenvalue weighted by Crippen LogP contribution is -2.19. The van der Waals surface area contributed by atoms with Crippen LogP contribution >= 0.6 is 11.3 Å². The molecule has 0 aliphatic carbocycles. The highest BCUT2D eigenvalue weighted by Crippen LogP contribution is 2.24. The molecule has 0 bridgehead atoms. The van der Waals surface area contributed by atoms with Crippen molar-refractivity contribution in [3.63, 3.8) is 0 Å². The maximum Gasteiger partial charge on any atom is 0.279 e. The Bertz CT molecular complexity index is 1330. The maximum atomic E-state index is 12.9. The van der Waals surface area contributed by atoms with Gasteiger partial charge in [-0.05, 0) is 36.2 Å². The molecule has 0 aliphatic rings. The molecule has 162 valence electrons. The van der Waals surface area contributed by atoms with Crippen molar-refractivity contribution in [2.45, 2.75) is 13.5 Å². The summed E-state index contributed by atoms with van der Waals surface area (Å²) < 4.78 is 8.03. The Balaban J connectivity index is 1.70. The summed E-state index contributed by atoms with van der Waals surface area (Å²) in [5, 5.41) is 11.1. The third-order valence-corrected chi connectivity index (χ3v) is 6.02. The Kier molecular flexibility index (Phi) is 6.53. The van der Waals surface area contributed by atoms with Crippen LogP contribution in [-0.4, -0.2) is 28.6 Å². The number of rotatable bonds is 7. The molecule has 1 amide bonds. The minimum atomic E-state index is -0.431. The van der Waals surface area contributed by atoms with Gasteiger partial charge in [-0.2, -0.15) is 4.99 Å². The van der Waals surface area contributed by atoms with E-state index >= 15 is 0 Å². The van der Waals surface area contributed by atoms with Crippen molar-refractivity contribution in [1.82, 2.24) is 4.57 Å². The van der Waals surface area contributed by atoms with Gasteiger partial charge in [0.05, 0.1) is 21.7 Å². The maximum absolute atomic E-state index is 12.9. The second-order valence-corrected chi connectivity index (χ2v) is 8.01. The summed E-state index contributed by atoms with van der Waals surface area (Å²) in [5.74, 6) is -0.365. The van der Waals surface area contributed by atoms with E-state index < -0.39 is 4.92 Å².